The van der Waals surface area contributed by atoms with Crippen molar-refractivity contribution in [2.45, 2.75) is 62.7 Å². The molecule has 0 radical (unpaired) electrons. The molecule has 0 bridgehead atoms. The first-order valence-corrected chi connectivity index (χ1v) is 12.5. The molecule has 8 heteroatoms. The highest BCUT2D eigenvalue weighted by molar-refractivity contribution is 8.45. The summed E-state index contributed by atoms with van der Waals surface area (Å²) in [6.45, 7) is 2.20. The maximum absolute atomic E-state index is 12.8. The molecule has 172 valence electrons. The number of rotatable bonds is 7. The van der Waals surface area contributed by atoms with Gasteiger partial charge < -0.3 is 4.74 Å². The Balaban J connectivity index is 1.59. The van der Waals surface area contributed by atoms with Gasteiger partial charge in [-0.15, -0.1) is 0 Å². The van der Waals surface area contributed by atoms with Crippen molar-refractivity contribution in [2.24, 2.45) is 5.92 Å². The van der Waals surface area contributed by atoms with Gasteiger partial charge in [-0.05, 0) is 79.5 Å². The Kier molecular flexibility index (Phi) is 6.17. The smallest absolute Gasteiger partial charge is 0.343 e. The molecule has 3 rings (SSSR count). The molecule has 0 atom stereocenters. The maximum Gasteiger partial charge on any atom is 0.343 e. The minimum Gasteiger partial charge on any atom is -0.423 e. The van der Waals surface area contributed by atoms with Crippen LogP contribution in [0.15, 0.2) is 53.4 Å². The van der Waals surface area contributed by atoms with Gasteiger partial charge in [0, 0.05) is 0 Å². The highest BCUT2D eigenvalue weighted by Crippen LogP contribution is 3.02. The van der Waals surface area contributed by atoms with E-state index in [2.05, 4.69) is 6.92 Å². The van der Waals surface area contributed by atoms with Crippen LogP contribution in [0.4, 0.5) is 19.4 Å². The third-order valence-electron chi connectivity index (χ3n) is 5.91. The van der Waals surface area contributed by atoms with Gasteiger partial charge in [0.2, 0.25) is 0 Å². The SMILES string of the molecule is CCCCC1CCC(c2ccc(C(=O)Oc3ccc(S(F)(F)(F)(F)F)cc3)cc2)CC1. The zero-order valence-corrected chi connectivity index (χ0v) is 18.2. The summed E-state index contributed by atoms with van der Waals surface area (Å²) < 4.78 is 68.9. The Morgan fingerprint density at radius 2 is 1.48 bits per heavy atom. The first-order valence-electron chi connectivity index (χ1n) is 10.5. The lowest BCUT2D eigenvalue weighted by Gasteiger charge is -2.40. The molecule has 0 unspecified atom stereocenters. The van der Waals surface area contributed by atoms with Crippen molar-refractivity contribution >= 4 is 16.2 Å². The molecule has 0 N–H and O–H groups in total. The largest absolute Gasteiger partial charge is 0.423 e. The van der Waals surface area contributed by atoms with Gasteiger partial charge in [0.05, 0.1) is 5.56 Å². The van der Waals surface area contributed by atoms with Gasteiger partial charge >= 0.3 is 16.2 Å². The Morgan fingerprint density at radius 3 is 2.00 bits per heavy atom. The van der Waals surface area contributed by atoms with E-state index in [1.807, 2.05) is 12.1 Å². The fourth-order valence-corrected chi connectivity index (χ4v) is 4.75. The van der Waals surface area contributed by atoms with Gasteiger partial charge in [-0.3, -0.25) is 0 Å². The topological polar surface area (TPSA) is 26.3 Å². The summed E-state index contributed by atoms with van der Waals surface area (Å²) in [6.07, 6.45) is 8.45. The van der Waals surface area contributed by atoms with Crippen molar-refractivity contribution in [3.8, 4) is 5.75 Å². The van der Waals surface area contributed by atoms with E-state index in [1.165, 1.54) is 32.1 Å². The Bertz CT molecular complexity index is 901. The van der Waals surface area contributed by atoms with E-state index in [-0.39, 0.29) is 23.4 Å². The highest BCUT2D eigenvalue weighted by Gasteiger charge is 2.65. The van der Waals surface area contributed by atoms with Crippen LogP contribution in [0.5, 0.6) is 5.75 Å². The molecule has 0 amide bonds. The lowest BCUT2D eigenvalue weighted by Crippen LogP contribution is -2.14. The van der Waals surface area contributed by atoms with Crippen molar-refractivity contribution in [2.75, 3.05) is 0 Å². The summed E-state index contributed by atoms with van der Waals surface area (Å²) in [5, 5.41) is 0. The number of hydrogen-bond acceptors (Lipinski definition) is 2. The van der Waals surface area contributed by atoms with E-state index in [9.17, 15) is 24.2 Å². The van der Waals surface area contributed by atoms with Gasteiger partial charge in [-0.1, -0.05) is 57.7 Å². The van der Waals surface area contributed by atoms with Gasteiger partial charge in [0.25, 0.3) is 0 Å². The van der Waals surface area contributed by atoms with Crippen LogP contribution in [-0.2, 0) is 0 Å². The number of esters is 1. The summed E-state index contributed by atoms with van der Waals surface area (Å²) in [5.74, 6) is 0.276. The van der Waals surface area contributed by atoms with Crippen LogP contribution in [-0.4, -0.2) is 5.97 Å². The van der Waals surface area contributed by atoms with Crippen LogP contribution in [0.25, 0.3) is 0 Å². The molecule has 1 fully saturated rings. The van der Waals surface area contributed by atoms with Crippen LogP contribution in [0.1, 0.15) is 73.7 Å². The molecule has 1 saturated carbocycles. The average molecular weight is 463 g/mol. The van der Waals surface area contributed by atoms with Crippen LogP contribution in [0, 0.1) is 5.92 Å². The van der Waals surface area contributed by atoms with Gasteiger partial charge in [-0.2, -0.15) is 0 Å². The van der Waals surface area contributed by atoms with Gasteiger partial charge in [0.15, 0.2) is 0 Å². The van der Waals surface area contributed by atoms with Crippen LogP contribution >= 0.6 is 10.2 Å². The fraction of sp³-hybridized carbons (Fsp3) is 0.435. The molecule has 0 saturated heterocycles. The lowest BCUT2D eigenvalue weighted by atomic mass is 9.77. The standard InChI is InChI=1S/C23H27F5O2S/c1-2-3-4-17-5-7-18(8-6-17)19-9-11-20(12-10-19)23(29)30-21-13-15-22(16-14-21)31(24,25,26,27)28/h9-18H,2-8H2,1H3. The summed E-state index contributed by atoms with van der Waals surface area (Å²) in [4.78, 5) is 10.2. The van der Waals surface area contributed by atoms with Crippen LogP contribution < -0.4 is 4.74 Å². The maximum atomic E-state index is 12.8. The molecule has 1 aliphatic carbocycles. The Morgan fingerprint density at radius 1 is 0.903 bits per heavy atom. The molecule has 2 nitrogen and oxygen atoms in total. The third-order valence-corrected chi connectivity index (χ3v) is 7.07. The lowest BCUT2D eigenvalue weighted by molar-refractivity contribution is 0.0734. The molecule has 2 aromatic carbocycles. The molecular formula is C23H27F5O2S. The van der Waals surface area contributed by atoms with Crippen molar-refractivity contribution in [3.63, 3.8) is 0 Å². The zero-order valence-electron chi connectivity index (χ0n) is 17.3. The number of carbonyl (C=O) groups excluding carboxylic acids is 1. The molecule has 0 aromatic heterocycles. The van der Waals surface area contributed by atoms with Crippen molar-refractivity contribution < 1.29 is 29.0 Å². The first kappa shape index (κ1) is 23.6. The number of carbonyl (C=O) groups is 1. The Labute approximate surface area is 179 Å². The number of hydrogen-bond donors (Lipinski definition) is 0. The zero-order chi connectivity index (χ0) is 22.8. The summed E-state index contributed by atoms with van der Waals surface area (Å²) >= 11 is 0. The molecule has 0 aliphatic heterocycles. The predicted molar refractivity (Wildman–Crippen MR) is 113 cm³/mol. The molecule has 31 heavy (non-hydrogen) atoms. The van der Waals surface area contributed by atoms with Crippen molar-refractivity contribution in [1.29, 1.82) is 0 Å². The third kappa shape index (κ3) is 6.45. The second-order valence-corrected chi connectivity index (χ2v) is 10.7. The minimum atomic E-state index is -9.74. The van der Waals surface area contributed by atoms with E-state index in [0.29, 0.717) is 5.92 Å². The van der Waals surface area contributed by atoms with Gasteiger partial charge in [-0.25, -0.2) is 4.79 Å². The molecule has 2 aromatic rings. The van der Waals surface area contributed by atoms with E-state index < -0.39 is 21.1 Å². The molecule has 0 spiro atoms. The van der Waals surface area contributed by atoms with E-state index >= 15 is 0 Å². The van der Waals surface area contributed by atoms with E-state index in [0.717, 1.165) is 36.5 Å². The summed E-state index contributed by atoms with van der Waals surface area (Å²) in [6, 6.07) is 8.91. The fourth-order valence-electron chi connectivity index (χ4n) is 4.10. The van der Waals surface area contributed by atoms with Crippen molar-refractivity contribution in [1.82, 2.24) is 0 Å². The van der Waals surface area contributed by atoms with Gasteiger partial charge in [0.1, 0.15) is 10.6 Å². The summed E-state index contributed by atoms with van der Waals surface area (Å²) in [7, 11) is -9.74. The van der Waals surface area contributed by atoms with E-state index in [1.54, 1.807) is 12.1 Å². The van der Waals surface area contributed by atoms with Crippen molar-refractivity contribution in [3.05, 3.63) is 59.7 Å². The minimum absolute atomic E-state index is 0.226. The number of unbranched alkanes of at least 4 members (excludes halogenated alkanes) is 1. The van der Waals surface area contributed by atoms with Crippen LogP contribution in [0.2, 0.25) is 0 Å². The monoisotopic (exact) mass is 462 g/mol. The van der Waals surface area contributed by atoms with Crippen LogP contribution in [0.3, 0.4) is 0 Å². The number of ether oxygens (including phenoxy) is 1. The number of halogens is 5. The predicted octanol–water partition coefficient (Wildman–Crippen LogP) is 9.03. The Hall–Kier alpha value is -2.09. The average Bonchev–Trinajstić information content (AvgIpc) is 2.71. The summed E-state index contributed by atoms with van der Waals surface area (Å²) in [5.41, 5.74) is 1.41. The molecule has 1 aliphatic rings. The molecule has 0 heterocycles. The quantitative estimate of drug-likeness (QED) is 0.233. The normalized spacial score (nSPS) is 21.7. The second kappa shape index (κ2) is 8.11. The number of benzene rings is 2. The first-order chi connectivity index (χ1) is 14.4. The van der Waals surface area contributed by atoms with E-state index in [4.69, 9.17) is 4.74 Å². The molecular weight excluding hydrogens is 435 g/mol. The highest BCUT2D eigenvalue weighted by atomic mass is 32.5. The second-order valence-electron chi connectivity index (χ2n) is 8.31.